The molecule has 14 heteroatoms. The molecule has 48 heavy (non-hydrogen) atoms. The van der Waals surface area contributed by atoms with Crippen LogP contribution in [0.5, 0.6) is 11.5 Å². The number of nitrogens with zero attached hydrogens (tertiary/aromatic N) is 5. The highest BCUT2D eigenvalue weighted by molar-refractivity contribution is 6.30. The SMILES string of the molecule is COc1cc2c(cc1-n1nc(C(=O)NCCN3CCC(C(=O)OC4CCCC4)CC3)c3cnc(Cl)cc31)OCCN2C(=O)OC(C)(C)C. The summed E-state index contributed by atoms with van der Waals surface area (Å²) >= 11 is 6.30. The molecule has 258 valence electrons. The minimum atomic E-state index is -0.668. The summed E-state index contributed by atoms with van der Waals surface area (Å²) in [6.07, 6.45) is 6.85. The lowest BCUT2D eigenvalue weighted by Gasteiger charge is -2.32. The maximum absolute atomic E-state index is 13.5. The second-order valence-electron chi connectivity index (χ2n) is 13.5. The van der Waals surface area contributed by atoms with E-state index >= 15 is 0 Å². The van der Waals surface area contributed by atoms with Gasteiger partial charge >= 0.3 is 12.1 Å². The van der Waals surface area contributed by atoms with E-state index in [2.05, 4.69) is 15.2 Å². The van der Waals surface area contributed by atoms with Crippen LogP contribution in [0.1, 0.15) is 69.8 Å². The largest absolute Gasteiger partial charge is 0.494 e. The first-order valence-electron chi connectivity index (χ1n) is 16.6. The molecule has 4 heterocycles. The number of piperidine rings is 1. The zero-order valence-electron chi connectivity index (χ0n) is 27.9. The molecule has 2 amide bonds. The Morgan fingerprint density at radius 3 is 2.50 bits per heavy atom. The van der Waals surface area contributed by atoms with Crippen LogP contribution in [0.2, 0.25) is 5.15 Å². The van der Waals surface area contributed by atoms with Crippen molar-refractivity contribution in [2.24, 2.45) is 5.92 Å². The first kappa shape index (κ1) is 33.8. The van der Waals surface area contributed by atoms with Gasteiger partial charge in [0, 0.05) is 37.5 Å². The highest BCUT2D eigenvalue weighted by atomic mass is 35.5. The number of halogens is 1. The van der Waals surface area contributed by atoms with E-state index in [4.69, 9.17) is 35.6 Å². The number of carbonyl (C=O) groups is 3. The molecule has 0 bridgehead atoms. The maximum Gasteiger partial charge on any atom is 0.415 e. The lowest BCUT2D eigenvalue weighted by atomic mass is 9.97. The third-order valence-corrected chi connectivity index (χ3v) is 9.14. The van der Waals surface area contributed by atoms with E-state index < -0.39 is 11.7 Å². The van der Waals surface area contributed by atoms with Crippen molar-refractivity contribution in [3.8, 4) is 17.2 Å². The number of nitrogens with one attached hydrogen (secondary N) is 1. The molecule has 0 radical (unpaired) electrons. The highest BCUT2D eigenvalue weighted by Gasteiger charge is 2.32. The number of fused-ring (bicyclic) bond motifs is 2. The monoisotopic (exact) mass is 682 g/mol. The molecule has 0 atom stereocenters. The molecule has 0 spiro atoms. The number of methoxy groups -OCH3 is 1. The van der Waals surface area contributed by atoms with Crippen LogP contribution in [0.15, 0.2) is 24.4 Å². The molecule has 1 saturated carbocycles. The lowest BCUT2D eigenvalue weighted by Crippen LogP contribution is -2.41. The first-order valence-corrected chi connectivity index (χ1v) is 17.0. The number of hydrogen-bond acceptors (Lipinski definition) is 10. The van der Waals surface area contributed by atoms with Crippen LogP contribution in [-0.4, -0.2) is 95.8 Å². The Hall–Kier alpha value is -4.10. The summed E-state index contributed by atoms with van der Waals surface area (Å²) in [5.41, 5.74) is 1.05. The van der Waals surface area contributed by atoms with Crippen LogP contribution in [0.4, 0.5) is 10.5 Å². The van der Waals surface area contributed by atoms with Gasteiger partial charge in [0.25, 0.3) is 5.91 Å². The van der Waals surface area contributed by atoms with Crippen molar-refractivity contribution in [2.45, 2.75) is 71.0 Å². The average molecular weight is 683 g/mol. The third-order valence-electron chi connectivity index (χ3n) is 8.93. The summed E-state index contributed by atoms with van der Waals surface area (Å²) < 4.78 is 24.6. The van der Waals surface area contributed by atoms with Gasteiger partial charge < -0.3 is 29.2 Å². The van der Waals surface area contributed by atoms with Gasteiger partial charge in [0.15, 0.2) is 5.69 Å². The van der Waals surface area contributed by atoms with E-state index in [1.54, 1.807) is 22.9 Å². The molecule has 13 nitrogen and oxygen atoms in total. The van der Waals surface area contributed by atoms with Gasteiger partial charge in [-0.05, 0) is 72.4 Å². The Balaban J connectivity index is 1.16. The second-order valence-corrected chi connectivity index (χ2v) is 13.9. The Labute approximate surface area is 284 Å². The summed E-state index contributed by atoms with van der Waals surface area (Å²) in [4.78, 5) is 47.1. The van der Waals surface area contributed by atoms with E-state index in [1.165, 1.54) is 18.2 Å². The number of likely N-dealkylation sites (tertiary alicyclic amines) is 1. The topological polar surface area (TPSA) is 137 Å². The van der Waals surface area contributed by atoms with Crippen molar-refractivity contribution >= 4 is 46.2 Å². The zero-order chi connectivity index (χ0) is 34.0. The summed E-state index contributed by atoms with van der Waals surface area (Å²) in [5.74, 6) is 0.356. The second kappa shape index (κ2) is 14.2. The van der Waals surface area contributed by atoms with Gasteiger partial charge in [-0.1, -0.05) is 11.6 Å². The Morgan fingerprint density at radius 2 is 1.79 bits per heavy atom. The molecule has 1 aromatic carbocycles. The lowest BCUT2D eigenvalue weighted by molar-refractivity contribution is -0.155. The van der Waals surface area contributed by atoms with Crippen molar-refractivity contribution in [1.82, 2.24) is 25.0 Å². The van der Waals surface area contributed by atoms with Crippen LogP contribution in [-0.2, 0) is 14.3 Å². The fourth-order valence-corrected chi connectivity index (χ4v) is 6.63. The smallest absolute Gasteiger partial charge is 0.415 e. The highest BCUT2D eigenvalue weighted by Crippen LogP contribution is 2.41. The van der Waals surface area contributed by atoms with E-state index in [0.29, 0.717) is 53.4 Å². The summed E-state index contributed by atoms with van der Waals surface area (Å²) in [5, 5.41) is 8.43. The molecule has 3 aromatic rings. The van der Waals surface area contributed by atoms with Crippen molar-refractivity contribution in [1.29, 1.82) is 0 Å². The molecule has 1 saturated heterocycles. The fraction of sp³-hybridized carbons (Fsp3) is 0.559. The number of benzene rings is 1. The van der Waals surface area contributed by atoms with Gasteiger partial charge in [-0.15, -0.1) is 0 Å². The average Bonchev–Trinajstić information content (AvgIpc) is 3.71. The van der Waals surface area contributed by atoms with Crippen LogP contribution in [0.3, 0.4) is 0 Å². The number of carbonyl (C=O) groups excluding carboxylic acids is 3. The molecule has 6 rings (SSSR count). The number of ether oxygens (including phenoxy) is 4. The summed E-state index contributed by atoms with van der Waals surface area (Å²) in [6.45, 7) is 8.60. The third kappa shape index (κ3) is 7.46. The Kier molecular flexibility index (Phi) is 9.98. The molecule has 2 aliphatic heterocycles. The minimum Gasteiger partial charge on any atom is -0.494 e. The van der Waals surface area contributed by atoms with Crippen molar-refractivity contribution in [3.63, 3.8) is 0 Å². The molecule has 1 N–H and O–H groups in total. The van der Waals surface area contributed by atoms with Gasteiger partial charge in [-0.3, -0.25) is 14.5 Å². The molecule has 3 aliphatic rings. The van der Waals surface area contributed by atoms with Crippen LogP contribution >= 0.6 is 11.6 Å². The number of aromatic nitrogens is 3. The standard InChI is InChI=1S/C34H43ClN6O7/c1-34(2,3)48-33(44)40-15-16-46-28-18-26(27(45-4)17-25(28)40)41-24-19-29(35)37-20-23(24)30(38-41)31(42)36-11-14-39-12-9-21(10-13-39)32(43)47-22-7-5-6-8-22/h17-22H,5-16H2,1-4H3,(H,36,42). The number of rotatable bonds is 8. The number of pyridine rings is 1. The van der Waals surface area contributed by atoms with Gasteiger partial charge in [0.1, 0.15) is 40.7 Å². The number of amides is 2. The Bertz CT molecular complexity index is 1670. The quantitative estimate of drug-likeness (QED) is 0.251. The first-order chi connectivity index (χ1) is 23.0. The van der Waals surface area contributed by atoms with E-state index in [9.17, 15) is 14.4 Å². The molecule has 0 unspecified atom stereocenters. The van der Waals surface area contributed by atoms with Gasteiger partial charge in [0.05, 0.1) is 36.2 Å². The summed E-state index contributed by atoms with van der Waals surface area (Å²) in [7, 11) is 1.52. The predicted octanol–water partition coefficient (Wildman–Crippen LogP) is 5.14. The molecule has 1 aliphatic carbocycles. The molecule has 2 aromatic heterocycles. The van der Waals surface area contributed by atoms with Gasteiger partial charge in [0.2, 0.25) is 0 Å². The number of hydrogen-bond donors (Lipinski definition) is 1. The van der Waals surface area contributed by atoms with Crippen LogP contribution < -0.4 is 19.7 Å². The van der Waals surface area contributed by atoms with Crippen LogP contribution in [0, 0.1) is 5.92 Å². The Morgan fingerprint density at radius 1 is 1.04 bits per heavy atom. The normalized spacial score (nSPS) is 17.6. The number of esters is 1. The van der Waals surface area contributed by atoms with E-state index in [-0.39, 0.29) is 41.4 Å². The minimum absolute atomic E-state index is 0.0579. The van der Waals surface area contributed by atoms with Gasteiger partial charge in [-0.2, -0.15) is 5.10 Å². The zero-order valence-corrected chi connectivity index (χ0v) is 28.7. The van der Waals surface area contributed by atoms with Gasteiger partial charge in [-0.25, -0.2) is 14.5 Å². The fourth-order valence-electron chi connectivity index (χ4n) is 6.48. The van der Waals surface area contributed by atoms with Crippen molar-refractivity contribution in [3.05, 3.63) is 35.2 Å². The van der Waals surface area contributed by atoms with Crippen molar-refractivity contribution in [2.75, 3.05) is 51.3 Å². The number of anilines is 1. The maximum atomic E-state index is 13.5. The molecular weight excluding hydrogens is 640 g/mol. The van der Waals surface area contributed by atoms with E-state index in [1.807, 2.05) is 20.8 Å². The summed E-state index contributed by atoms with van der Waals surface area (Å²) in [6, 6.07) is 5.05. The molecular formula is C34H43ClN6O7. The van der Waals surface area contributed by atoms with Crippen molar-refractivity contribution < 1.29 is 33.3 Å². The predicted molar refractivity (Wildman–Crippen MR) is 179 cm³/mol. The van der Waals surface area contributed by atoms with Crippen LogP contribution in [0.25, 0.3) is 16.6 Å². The van der Waals surface area contributed by atoms with E-state index in [0.717, 1.165) is 51.6 Å². The molecule has 2 fully saturated rings.